The molecule has 21 heavy (non-hydrogen) atoms. The topological polar surface area (TPSA) is 80.6 Å². The predicted molar refractivity (Wildman–Crippen MR) is 81.4 cm³/mol. The first-order valence-electron chi connectivity index (χ1n) is 6.41. The average Bonchev–Trinajstić information content (AvgIpc) is 3.02. The van der Waals surface area contributed by atoms with Crippen molar-refractivity contribution in [3.05, 3.63) is 66.6 Å². The summed E-state index contributed by atoms with van der Waals surface area (Å²) in [6, 6.07) is 16.7. The van der Waals surface area contributed by atoms with Crippen molar-refractivity contribution < 1.29 is 9.21 Å². The van der Waals surface area contributed by atoms with E-state index < -0.39 is 5.91 Å². The summed E-state index contributed by atoms with van der Waals surface area (Å²) in [6.45, 7) is 0. The highest BCUT2D eigenvalue weighted by Crippen LogP contribution is 2.25. The number of guanidine groups is 1. The van der Waals surface area contributed by atoms with Crippen LogP contribution in [0.25, 0.3) is 10.8 Å². The van der Waals surface area contributed by atoms with Gasteiger partial charge in [-0.2, -0.15) is 0 Å². The minimum Gasteiger partial charge on any atom is -0.459 e. The second kappa shape index (κ2) is 5.50. The van der Waals surface area contributed by atoms with Gasteiger partial charge < -0.3 is 10.2 Å². The third-order valence-electron chi connectivity index (χ3n) is 2.99. The Morgan fingerprint density at radius 2 is 1.86 bits per heavy atom. The van der Waals surface area contributed by atoms with E-state index in [9.17, 15) is 4.79 Å². The standard InChI is InChI=1S/C16H13N3O2/c17-16(19-15(20)14-9-4-10-21-14)18-13-8-3-6-11-5-1-2-7-12(11)13/h1-10H,(H3,17,18,19,20). The molecule has 0 fully saturated rings. The number of carbonyl (C=O) groups is 1. The molecule has 0 aliphatic rings. The lowest BCUT2D eigenvalue weighted by atomic mass is 10.1. The molecule has 3 aromatic rings. The summed E-state index contributed by atoms with van der Waals surface area (Å²) in [4.78, 5) is 16.1. The van der Waals surface area contributed by atoms with Gasteiger partial charge in [-0.25, -0.2) is 4.99 Å². The number of nitrogens with two attached hydrogens (primary N) is 1. The minimum absolute atomic E-state index is 0.0211. The molecule has 0 spiro atoms. The van der Waals surface area contributed by atoms with Crippen molar-refractivity contribution in [2.75, 3.05) is 0 Å². The lowest BCUT2D eigenvalue weighted by Crippen LogP contribution is -2.36. The van der Waals surface area contributed by atoms with E-state index in [4.69, 9.17) is 10.2 Å². The van der Waals surface area contributed by atoms with Crippen LogP contribution in [0.3, 0.4) is 0 Å². The number of hydrogen-bond donors (Lipinski definition) is 2. The largest absolute Gasteiger partial charge is 0.459 e. The number of aliphatic imine (C=N–C) groups is 1. The van der Waals surface area contributed by atoms with Crippen molar-refractivity contribution in [3.8, 4) is 0 Å². The smallest absolute Gasteiger partial charge is 0.293 e. The van der Waals surface area contributed by atoms with Crippen molar-refractivity contribution >= 4 is 28.3 Å². The summed E-state index contributed by atoms with van der Waals surface area (Å²) in [6.07, 6.45) is 1.42. The van der Waals surface area contributed by atoms with E-state index in [2.05, 4.69) is 10.3 Å². The summed E-state index contributed by atoms with van der Waals surface area (Å²) >= 11 is 0. The first kappa shape index (κ1) is 12.9. The number of nitrogens with zero attached hydrogens (tertiary/aromatic N) is 1. The summed E-state index contributed by atoms with van der Waals surface area (Å²) < 4.78 is 4.99. The molecule has 0 atom stereocenters. The highest BCUT2D eigenvalue weighted by Gasteiger charge is 2.09. The Bertz CT molecular complexity index is 802. The second-order valence-corrected chi connectivity index (χ2v) is 4.43. The normalized spacial score (nSPS) is 11.5. The van der Waals surface area contributed by atoms with Gasteiger partial charge in [0.05, 0.1) is 12.0 Å². The molecule has 5 nitrogen and oxygen atoms in total. The molecule has 1 heterocycles. The number of carbonyl (C=O) groups excluding carboxylic acids is 1. The minimum atomic E-state index is -0.429. The Hall–Kier alpha value is -3.08. The molecule has 1 aromatic heterocycles. The molecular formula is C16H13N3O2. The second-order valence-electron chi connectivity index (χ2n) is 4.43. The summed E-state index contributed by atoms with van der Waals surface area (Å²) in [5.74, 6) is -0.222. The van der Waals surface area contributed by atoms with Gasteiger partial charge in [-0.05, 0) is 23.6 Å². The van der Waals surface area contributed by atoms with Crippen molar-refractivity contribution in [1.82, 2.24) is 5.32 Å². The van der Waals surface area contributed by atoms with E-state index in [1.807, 2.05) is 42.5 Å². The van der Waals surface area contributed by atoms with Crippen molar-refractivity contribution in [1.29, 1.82) is 0 Å². The fourth-order valence-corrected chi connectivity index (χ4v) is 2.05. The molecule has 104 valence electrons. The molecule has 5 heteroatoms. The van der Waals surface area contributed by atoms with Gasteiger partial charge in [0.15, 0.2) is 5.76 Å². The molecule has 0 saturated carbocycles. The van der Waals surface area contributed by atoms with Gasteiger partial charge in [0, 0.05) is 5.39 Å². The van der Waals surface area contributed by atoms with Crippen LogP contribution in [0.2, 0.25) is 0 Å². The molecular weight excluding hydrogens is 266 g/mol. The predicted octanol–water partition coefficient (Wildman–Crippen LogP) is 2.81. The molecule has 2 aromatic carbocycles. The Morgan fingerprint density at radius 3 is 2.67 bits per heavy atom. The fourth-order valence-electron chi connectivity index (χ4n) is 2.05. The number of benzene rings is 2. The molecule has 0 saturated heterocycles. The summed E-state index contributed by atoms with van der Waals surface area (Å²) in [5, 5.41) is 4.52. The van der Waals surface area contributed by atoms with Crippen molar-refractivity contribution in [2.24, 2.45) is 10.7 Å². The van der Waals surface area contributed by atoms with Crippen LogP contribution < -0.4 is 11.1 Å². The van der Waals surface area contributed by atoms with Gasteiger partial charge in [0.25, 0.3) is 5.91 Å². The van der Waals surface area contributed by atoms with Gasteiger partial charge in [-0.1, -0.05) is 36.4 Å². The number of fused-ring (bicyclic) bond motifs is 1. The third-order valence-corrected chi connectivity index (χ3v) is 2.99. The molecule has 0 aliphatic carbocycles. The molecule has 3 rings (SSSR count). The van der Waals surface area contributed by atoms with Gasteiger partial charge in [0.1, 0.15) is 0 Å². The van der Waals surface area contributed by atoms with E-state index in [0.29, 0.717) is 5.69 Å². The zero-order valence-corrected chi connectivity index (χ0v) is 11.1. The zero-order chi connectivity index (χ0) is 14.7. The van der Waals surface area contributed by atoms with Crippen LogP contribution in [0.5, 0.6) is 0 Å². The first-order valence-corrected chi connectivity index (χ1v) is 6.41. The van der Waals surface area contributed by atoms with Gasteiger partial charge in [-0.15, -0.1) is 0 Å². The maximum absolute atomic E-state index is 11.8. The Balaban J connectivity index is 1.88. The maximum Gasteiger partial charge on any atom is 0.293 e. The van der Waals surface area contributed by atoms with Crippen molar-refractivity contribution in [3.63, 3.8) is 0 Å². The zero-order valence-electron chi connectivity index (χ0n) is 11.1. The Kier molecular flexibility index (Phi) is 3.39. The van der Waals surface area contributed by atoms with E-state index >= 15 is 0 Å². The van der Waals surface area contributed by atoms with Gasteiger partial charge in [-0.3, -0.25) is 10.1 Å². The lowest BCUT2D eigenvalue weighted by Gasteiger charge is -2.05. The Morgan fingerprint density at radius 1 is 1.05 bits per heavy atom. The molecule has 0 unspecified atom stereocenters. The van der Waals surface area contributed by atoms with E-state index in [0.717, 1.165) is 10.8 Å². The van der Waals surface area contributed by atoms with Crippen LogP contribution in [0.15, 0.2) is 70.3 Å². The van der Waals surface area contributed by atoms with Crippen LogP contribution in [0.1, 0.15) is 10.6 Å². The fraction of sp³-hybridized carbons (Fsp3) is 0. The number of nitrogens with one attached hydrogen (secondary N) is 1. The van der Waals surface area contributed by atoms with Crippen LogP contribution in [-0.4, -0.2) is 11.9 Å². The first-order chi connectivity index (χ1) is 10.2. The SMILES string of the molecule is NC(=Nc1cccc2ccccc12)NC(=O)c1ccco1. The van der Waals surface area contributed by atoms with Gasteiger partial charge >= 0.3 is 0 Å². The highest BCUT2D eigenvalue weighted by atomic mass is 16.3. The molecule has 1 amide bonds. The highest BCUT2D eigenvalue weighted by molar-refractivity contribution is 6.05. The number of furan rings is 1. The number of amides is 1. The van der Waals surface area contributed by atoms with E-state index in [-0.39, 0.29) is 11.7 Å². The third kappa shape index (κ3) is 2.76. The van der Waals surface area contributed by atoms with Crippen LogP contribution in [-0.2, 0) is 0 Å². The molecule has 0 radical (unpaired) electrons. The average molecular weight is 279 g/mol. The number of hydrogen-bond acceptors (Lipinski definition) is 3. The van der Waals surface area contributed by atoms with Crippen LogP contribution in [0.4, 0.5) is 5.69 Å². The monoisotopic (exact) mass is 279 g/mol. The van der Waals surface area contributed by atoms with Gasteiger partial charge in [0.2, 0.25) is 5.96 Å². The Labute approximate surface area is 121 Å². The van der Waals surface area contributed by atoms with Crippen LogP contribution in [0, 0.1) is 0 Å². The number of rotatable bonds is 2. The molecule has 0 bridgehead atoms. The molecule has 0 aliphatic heterocycles. The lowest BCUT2D eigenvalue weighted by molar-refractivity contribution is 0.0949. The summed E-state index contributed by atoms with van der Waals surface area (Å²) in [5.41, 5.74) is 6.48. The quantitative estimate of drug-likeness (QED) is 0.559. The molecule has 3 N–H and O–H groups in total. The maximum atomic E-state index is 11.8. The van der Waals surface area contributed by atoms with Crippen LogP contribution >= 0.6 is 0 Å². The summed E-state index contributed by atoms with van der Waals surface area (Å²) in [7, 11) is 0. The van der Waals surface area contributed by atoms with Crippen molar-refractivity contribution in [2.45, 2.75) is 0 Å². The van der Waals surface area contributed by atoms with E-state index in [1.165, 1.54) is 6.26 Å². The van der Waals surface area contributed by atoms with E-state index in [1.54, 1.807) is 12.1 Å².